The number of tetrazole rings is 1. The molecule has 2 N–H and O–H groups in total. The minimum absolute atomic E-state index is 0.109. The number of hydrogen-bond donors (Lipinski definition) is 2. The van der Waals surface area contributed by atoms with Crippen LogP contribution >= 0.6 is 0 Å². The van der Waals surface area contributed by atoms with E-state index in [9.17, 15) is 10.1 Å². The molecule has 0 aliphatic heterocycles. The van der Waals surface area contributed by atoms with Gasteiger partial charge >= 0.3 is 0 Å². The third-order valence-corrected chi connectivity index (χ3v) is 2.27. The predicted molar refractivity (Wildman–Crippen MR) is 59.3 cm³/mol. The minimum atomic E-state index is -0.396. The lowest BCUT2D eigenvalue weighted by Crippen LogP contribution is -2.02. The average Bonchev–Trinajstić information content (AvgIpc) is 2.80. The topological polar surface area (TPSA) is 110 Å². The summed E-state index contributed by atoms with van der Waals surface area (Å²) in [6.45, 7) is 2.11. The summed E-state index contributed by atoms with van der Waals surface area (Å²) in [4.78, 5) is 10.4. The standard InChI is InChI=1S/C9H10N6O2/c1-6-2-3-7(4-8(6)15(16)17)5-10-9-11-13-14-12-9/h2-4H,5H2,1H3,(H2,10,11,12,13,14). The first-order chi connectivity index (χ1) is 8.16. The molecule has 88 valence electrons. The summed E-state index contributed by atoms with van der Waals surface area (Å²) >= 11 is 0. The molecule has 17 heavy (non-hydrogen) atoms. The van der Waals surface area contributed by atoms with Crippen molar-refractivity contribution in [3.8, 4) is 0 Å². The smallest absolute Gasteiger partial charge is 0.272 e. The summed E-state index contributed by atoms with van der Waals surface area (Å²) in [5.74, 6) is 0.355. The Morgan fingerprint density at radius 1 is 1.53 bits per heavy atom. The Labute approximate surface area is 96.2 Å². The normalized spacial score (nSPS) is 10.2. The summed E-state index contributed by atoms with van der Waals surface area (Å²) in [6, 6.07) is 5.06. The highest BCUT2D eigenvalue weighted by Gasteiger charge is 2.10. The van der Waals surface area contributed by atoms with Crippen LogP contribution in [0.3, 0.4) is 0 Å². The van der Waals surface area contributed by atoms with Gasteiger partial charge in [-0.15, -0.1) is 5.10 Å². The van der Waals surface area contributed by atoms with Crippen molar-refractivity contribution >= 4 is 11.6 Å². The molecule has 1 aromatic carbocycles. The Balaban J connectivity index is 2.11. The van der Waals surface area contributed by atoms with E-state index in [4.69, 9.17) is 0 Å². The number of anilines is 1. The number of aromatic nitrogens is 4. The van der Waals surface area contributed by atoms with Gasteiger partial charge in [0.2, 0.25) is 0 Å². The van der Waals surface area contributed by atoms with Crippen LogP contribution in [-0.2, 0) is 6.54 Å². The van der Waals surface area contributed by atoms with Gasteiger partial charge in [-0.05, 0) is 17.7 Å². The van der Waals surface area contributed by atoms with Crippen molar-refractivity contribution in [1.82, 2.24) is 20.6 Å². The predicted octanol–water partition coefficient (Wildman–Crippen LogP) is 1.03. The maximum Gasteiger partial charge on any atom is 0.272 e. The highest BCUT2D eigenvalue weighted by molar-refractivity contribution is 5.43. The molecule has 1 heterocycles. The minimum Gasteiger partial charge on any atom is -0.348 e. The first-order valence-corrected chi connectivity index (χ1v) is 4.88. The summed E-state index contributed by atoms with van der Waals surface area (Å²) in [5.41, 5.74) is 1.53. The van der Waals surface area contributed by atoms with E-state index in [0.29, 0.717) is 18.1 Å². The van der Waals surface area contributed by atoms with Gasteiger partial charge in [-0.1, -0.05) is 17.2 Å². The molecular weight excluding hydrogens is 224 g/mol. The first kappa shape index (κ1) is 11.0. The van der Waals surface area contributed by atoms with E-state index in [2.05, 4.69) is 25.9 Å². The van der Waals surface area contributed by atoms with Gasteiger partial charge < -0.3 is 5.32 Å². The third-order valence-electron chi connectivity index (χ3n) is 2.27. The molecule has 2 rings (SSSR count). The zero-order chi connectivity index (χ0) is 12.3. The average molecular weight is 234 g/mol. The number of nitro benzene ring substituents is 1. The van der Waals surface area contributed by atoms with Crippen LogP contribution in [0.25, 0.3) is 0 Å². The number of benzene rings is 1. The highest BCUT2D eigenvalue weighted by atomic mass is 16.6. The van der Waals surface area contributed by atoms with Gasteiger partial charge in [0.05, 0.1) is 4.92 Å². The van der Waals surface area contributed by atoms with Crippen LogP contribution in [0, 0.1) is 17.0 Å². The molecule has 0 fully saturated rings. The van der Waals surface area contributed by atoms with Crippen LogP contribution in [0.4, 0.5) is 11.6 Å². The Morgan fingerprint density at radius 2 is 2.35 bits per heavy atom. The molecule has 0 amide bonds. The quantitative estimate of drug-likeness (QED) is 0.603. The fourth-order valence-electron chi connectivity index (χ4n) is 1.38. The van der Waals surface area contributed by atoms with Crippen molar-refractivity contribution in [2.75, 3.05) is 5.32 Å². The van der Waals surface area contributed by atoms with Gasteiger partial charge in [0.25, 0.3) is 11.6 Å². The summed E-state index contributed by atoms with van der Waals surface area (Å²) in [7, 11) is 0. The van der Waals surface area contributed by atoms with Crippen molar-refractivity contribution < 1.29 is 4.92 Å². The van der Waals surface area contributed by atoms with Gasteiger partial charge in [-0.2, -0.15) is 5.21 Å². The zero-order valence-corrected chi connectivity index (χ0v) is 9.04. The van der Waals surface area contributed by atoms with Crippen LogP contribution in [0.1, 0.15) is 11.1 Å². The molecule has 0 unspecified atom stereocenters. The van der Waals surface area contributed by atoms with Gasteiger partial charge in [0.1, 0.15) is 0 Å². The van der Waals surface area contributed by atoms with Gasteiger partial charge in [0.15, 0.2) is 0 Å². The molecule has 0 saturated carbocycles. The first-order valence-electron chi connectivity index (χ1n) is 4.88. The second-order valence-electron chi connectivity index (χ2n) is 3.47. The van der Waals surface area contributed by atoms with Gasteiger partial charge in [-0.3, -0.25) is 10.1 Å². The number of nitrogens with zero attached hydrogens (tertiary/aromatic N) is 4. The maximum atomic E-state index is 10.8. The largest absolute Gasteiger partial charge is 0.348 e. The van der Waals surface area contributed by atoms with Gasteiger partial charge in [0, 0.05) is 18.2 Å². The number of nitro groups is 1. The van der Waals surface area contributed by atoms with E-state index in [0.717, 1.165) is 5.56 Å². The maximum absolute atomic E-state index is 10.8. The Bertz CT molecular complexity index is 524. The second kappa shape index (κ2) is 4.56. The fourth-order valence-corrected chi connectivity index (χ4v) is 1.38. The third kappa shape index (κ3) is 2.54. The van der Waals surface area contributed by atoms with E-state index in [1.54, 1.807) is 13.0 Å². The molecule has 0 bridgehead atoms. The summed E-state index contributed by atoms with van der Waals surface area (Å²) in [5, 5.41) is 26.8. The van der Waals surface area contributed by atoms with Crippen LogP contribution < -0.4 is 5.32 Å². The number of hydrogen-bond acceptors (Lipinski definition) is 6. The van der Waals surface area contributed by atoms with E-state index in [1.165, 1.54) is 6.07 Å². The molecule has 0 radical (unpaired) electrons. The van der Waals surface area contributed by atoms with E-state index in [1.807, 2.05) is 6.07 Å². The SMILES string of the molecule is Cc1ccc(CNc2nn[nH]n2)cc1[N+](=O)[O-]. The number of nitrogens with one attached hydrogen (secondary N) is 2. The van der Waals surface area contributed by atoms with Crippen LogP contribution in [0.15, 0.2) is 18.2 Å². The monoisotopic (exact) mass is 234 g/mol. The van der Waals surface area contributed by atoms with Crippen molar-refractivity contribution in [2.45, 2.75) is 13.5 Å². The second-order valence-corrected chi connectivity index (χ2v) is 3.47. The van der Waals surface area contributed by atoms with E-state index in [-0.39, 0.29) is 5.69 Å². The van der Waals surface area contributed by atoms with Crippen LogP contribution in [-0.4, -0.2) is 25.5 Å². The van der Waals surface area contributed by atoms with Gasteiger partial charge in [-0.25, -0.2) is 0 Å². The molecule has 0 atom stereocenters. The number of aryl methyl sites for hydroxylation is 1. The molecule has 0 saturated heterocycles. The number of rotatable bonds is 4. The molecule has 0 aliphatic carbocycles. The molecule has 8 nitrogen and oxygen atoms in total. The molecule has 2 aromatic rings. The fraction of sp³-hybridized carbons (Fsp3) is 0.222. The Kier molecular flexibility index (Phi) is 2.95. The molecule has 0 aliphatic rings. The van der Waals surface area contributed by atoms with Crippen molar-refractivity contribution in [3.63, 3.8) is 0 Å². The summed E-state index contributed by atoms with van der Waals surface area (Å²) in [6.07, 6.45) is 0. The lowest BCUT2D eigenvalue weighted by molar-refractivity contribution is -0.385. The van der Waals surface area contributed by atoms with Crippen LogP contribution in [0.5, 0.6) is 0 Å². The Hall–Kier alpha value is -2.51. The highest BCUT2D eigenvalue weighted by Crippen LogP contribution is 2.19. The zero-order valence-electron chi connectivity index (χ0n) is 9.04. The molecular formula is C9H10N6O2. The number of aromatic amines is 1. The molecule has 8 heteroatoms. The lowest BCUT2D eigenvalue weighted by Gasteiger charge is -2.03. The van der Waals surface area contributed by atoms with Crippen LogP contribution in [0.2, 0.25) is 0 Å². The molecule has 1 aromatic heterocycles. The van der Waals surface area contributed by atoms with Crippen molar-refractivity contribution in [2.24, 2.45) is 0 Å². The lowest BCUT2D eigenvalue weighted by atomic mass is 10.1. The van der Waals surface area contributed by atoms with Crippen molar-refractivity contribution in [3.05, 3.63) is 39.4 Å². The van der Waals surface area contributed by atoms with E-state index >= 15 is 0 Å². The van der Waals surface area contributed by atoms with E-state index < -0.39 is 4.92 Å². The Morgan fingerprint density at radius 3 is 3.00 bits per heavy atom. The molecule has 0 spiro atoms. The van der Waals surface area contributed by atoms with Crippen molar-refractivity contribution in [1.29, 1.82) is 0 Å². The number of H-pyrrole nitrogens is 1. The summed E-state index contributed by atoms with van der Waals surface area (Å²) < 4.78 is 0.